The van der Waals surface area contributed by atoms with Gasteiger partial charge in [0.05, 0.1) is 13.7 Å². The molecular formula is C49H46IrN2OSi-2. The number of nitrogens with zero attached hydrogens (tertiary/aromatic N) is 2. The van der Waals surface area contributed by atoms with Crippen molar-refractivity contribution in [1.29, 1.82) is 0 Å². The molecule has 0 amide bonds. The van der Waals surface area contributed by atoms with Crippen LogP contribution >= 0.6 is 0 Å². The van der Waals surface area contributed by atoms with E-state index in [0.29, 0.717) is 0 Å². The molecule has 0 atom stereocenters. The van der Waals surface area contributed by atoms with E-state index in [2.05, 4.69) is 179 Å². The van der Waals surface area contributed by atoms with E-state index in [1.54, 1.807) is 0 Å². The number of furan rings is 1. The second-order valence-electron chi connectivity index (χ2n) is 15.9. The summed E-state index contributed by atoms with van der Waals surface area (Å²) in [6.45, 7) is 17.9. The van der Waals surface area contributed by atoms with Crippen LogP contribution in [0.25, 0.3) is 66.7 Å². The third-order valence-corrected chi connectivity index (χ3v) is 11.8. The van der Waals surface area contributed by atoms with Gasteiger partial charge in [-0.1, -0.05) is 144 Å². The average Bonchev–Trinajstić information content (AvgIpc) is 3.53. The monoisotopic (exact) mass is 899 g/mol. The Balaban J connectivity index is 0.000000222. The smallest absolute Gasteiger partial charge is 0.120 e. The molecule has 8 rings (SSSR count). The molecule has 5 aromatic carbocycles. The number of fused-ring (bicyclic) bond motifs is 3. The minimum absolute atomic E-state index is 0. The van der Waals surface area contributed by atoms with Crippen molar-refractivity contribution < 1.29 is 24.5 Å². The summed E-state index contributed by atoms with van der Waals surface area (Å²) < 4.78 is 6.36. The number of pyridine rings is 2. The van der Waals surface area contributed by atoms with E-state index in [1.165, 1.54) is 44.1 Å². The van der Waals surface area contributed by atoms with E-state index in [1.807, 2.05) is 30.6 Å². The van der Waals surface area contributed by atoms with Crippen LogP contribution in [0.2, 0.25) is 19.6 Å². The fourth-order valence-corrected chi connectivity index (χ4v) is 7.68. The van der Waals surface area contributed by atoms with Crippen LogP contribution < -0.4 is 5.19 Å². The van der Waals surface area contributed by atoms with Crippen LogP contribution in [0.5, 0.6) is 0 Å². The van der Waals surface area contributed by atoms with Crippen LogP contribution in [0.4, 0.5) is 0 Å². The Morgan fingerprint density at radius 1 is 0.630 bits per heavy atom. The van der Waals surface area contributed by atoms with Gasteiger partial charge in [-0.2, -0.15) is 0 Å². The van der Waals surface area contributed by atoms with E-state index < -0.39 is 8.07 Å². The molecule has 0 N–H and O–H groups in total. The van der Waals surface area contributed by atoms with E-state index in [9.17, 15) is 0 Å². The summed E-state index contributed by atoms with van der Waals surface area (Å²) in [7, 11) is -1.25. The first-order valence-electron chi connectivity index (χ1n) is 18.3. The molecule has 3 heterocycles. The summed E-state index contributed by atoms with van der Waals surface area (Å²) in [6, 6.07) is 49.2. The summed E-state index contributed by atoms with van der Waals surface area (Å²) in [6.07, 6.45) is 3.91. The Kier molecular flexibility index (Phi) is 11.4. The molecule has 8 aromatic rings. The molecule has 0 aliphatic carbocycles. The molecule has 0 aliphatic rings. The largest absolute Gasteiger partial charge is 0.501 e. The zero-order valence-electron chi connectivity index (χ0n) is 32.3. The fraction of sp³-hybridized carbons (Fsp3) is 0.184. The summed E-state index contributed by atoms with van der Waals surface area (Å²) in [4.78, 5) is 9.26. The van der Waals surface area contributed by atoms with Gasteiger partial charge in [0.25, 0.3) is 0 Å². The second-order valence-corrected chi connectivity index (χ2v) is 21.0. The van der Waals surface area contributed by atoms with Crippen molar-refractivity contribution in [3.63, 3.8) is 0 Å². The van der Waals surface area contributed by atoms with E-state index in [0.717, 1.165) is 44.5 Å². The Morgan fingerprint density at radius 3 is 1.96 bits per heavy atom. The zero-order chi connectivity index (χ0) is 37.3. The molecular weight excluding hydrogens is 853 g/mol. The summed E-state index contributed by atoms with van der Waals surface area (Å²) in [5.41, 5.74) is 14.2. The molecule has 54 heavy (non-hydrogen) atoms. The summed E-state index contributed by atoms with van der Waals surface area (Å²) in [5, 5.41) is 3.59. The molecule has 1 radical (unpaired) electrons. The van der Waals surface area contributed by atoms with Crippen LogP contribution in [0.3, 0.4) is 0 Å². The normalized spacial score (nSPS) is 11.6. The summed E-state index contributed by atoms with van der Waals surface area (Å²) >= 11 is 0. The van der Waals surface area contributed by atoms with E-state index >= 15 is 0 Å². The van der Waals surface area contributed by atoms with Gasteiger partial charge in [-0.15, -0.1) is 53.1 Å². The van der Waals surface area contributed by atoms with Gasteiger partial charge in [-0.05, 0) is 68.0 Å². The van der Waals surface area contributed by atoms with Crippen LogP contribution in [0.1, 0.15) is 37.5 Å². The van der Waals surface area contributed by atoms with Crippen molar-refractivity contribution in [3.05, 3.63) is 163 Å². The number of aryl methyl sites for hydroxylation is 2. The maximum absolute atomic E-state index is 6.36. The van der Waals surface area contributed by atoms with Crippen LogP contribution in [0, 0.1) is 26.0 Å². The molecule has 0 aliphatic heterocycles. The van der Waals surface area contributed by atoms with E-state index in [-0.39, 0.29) is 25.5 Å². The van der Waals surface area contributed by atoms with Gasteiger partial charge >= 0.3 is 0 Å². The number of hydrogen-bond acceptors (Lipinski definition) is 3. The average molecular weight is 899 g/mol. The van der Waals surface area contributed by atoms with Gasteiger partial charge in [-0.25, -0.2) is 0 Å². The predicted molar refractivity (Wildman–Crippen MR) is 226 cm³/mol. The first-order chi connectivity index (χ1) is 25.3. The van der Waals surface area contributed by atoms with Gasteiger partial charge in [0.15, 0.2) is 0 Å². The Bertz CT molecular complexity index is 2520. The van der Waals surface area contributed by atoms with E-state index in [4.69, 9.17) is 4.42 Å². The number of rotatable bonds is 5. The van der Waals surface area contributed by atoms with Gasteiger partial charge in [0, 0.05) is 37.9 Å². The molecule has 0 saturated heterocycles. The molecule has 5 heteroatoms. The van der Waals surface area contributed by atoms with Crippen LogP contribution in [-0.2, 0) is 25.5 Å². The topological polar surface area (TPSA) is 38.9 Å². The standard InChI is InChI=1S/C33H26NO.C16H20NSi.Ir/c1-33(2,3)26-18-19-34-30(21-26)28-11-7-10-27-29-20-25(16-17-31(29)35-32(27)28)24-14-12-23(13-15-24)22-8-5-4-6-9-22;1-12-6-8-15(13(2)10-12)16-9-7-14(11-17-16)18(3,4)5;/h4-10,12-21H,1-3H3;6-7,9-11H,1-5H3;/q2*-1;. The van der Waals surface area contributed by atoms with Crippen molar-refractivity contribution in [1.82, 2.24) is 9.97 Å². The SMILES string of the molecule is CC(C)(C)c1ccnc(-c2[c-]ccc3c2oc2ccc(-c4ccc(-c5ccccc5)cc4)cc23)c1.Cc1c[c-]c(-c2ccc([Si](C)(C)C)cn2)c(C)c1.[Ir]. The van der Waals surface area contributed by atoms with Crippen LogP contribution in [0.15, 0.2) is 138 Å². The van der Waals surface area contributed by atoms with Crippen molar-refractivity contribution in [2.24, 2.45) is 0 Å². The number of aromatic nitrogens is 2. The van der Waals surface area contributed by atoms with Gasteiger partial charge < -0.3 is 14.4 Å². The Labute approximate surface area is 334 Å². The van der Waals surface area contributed by atoms with Crippen molar-refractivity contribution in [2.75, 3.05) is 0 Å². The molecule has 0 bridgehead atoms. The third-order valence-electron chi connectivity index (χ3n) is 9.81. The number of benzene rings is 5. The fourth-order valence-electron chi connectivity index (χ4n) is 6.65. The van der Waals surface area contributed by atoms with Crippen molar-refractivity contribution in [3.8, 4) is 44.8 Å². The van der Waals surface area contributed by atoms with Gasteiger partial charge in [-0.3, -0.25) is 0 Å². The maximum atomic E-state index is 6.36. The molecule has 273 valence electrons. The zero-order valence-corrected chi connectivity index (χ0v) is 35.7. The van der Waals surface area contributed by atoms with Crippen molar-refractivity contribution in [2.45, 2.75) is 59.7 Å². The first kappa shape index (κ1) is 38.8. The van der Waals surface area contributed by atoms with Gasteiger partial charge in [0.2, 0.25) is 0 Å². The second kappa shape index (κ2) is 15.8. The molecule has 0 spiro atoms. The quantitative estimate of drug-likeness (QED) is 0.128. The first-order valence-corrected chi connectivity index (χ1v) is 21.8. The van der Waals surface area contributed by atoms with Crippen LogP contribution in [-0.4, -0.2) is 18.0 Å². The predicted octanol–water partition coefficient (Wildman–Crippen LogP) is 12.8. The summed E-state index contributed by atoms with van der Waals surface area (Å²) in [5.74, 6) is 0. The maximum Gasteiger partial charge on any atom is 0.120 e. The Hall–Kier alpha value is -4.93. The molecule has 0 fully saturated rings. The Morgan fingerprint density at radius 2 is 1.31 bits per heavy atom. The number of hydrogen-bond donors (Lipinski definition) is 0. The van der Waals surface area contributed by atoms with Crippen molar-refractivity contribution >= 4 is 35.2 Å². The third kappa shape index (κ3) is 8.40. The van der Waals surface area contributed by atoms with Gasteiger partial charge in [0.1, 0.15) is 5.58 Å². The molecule has 0 saturated carbocycles. The molecule has 3 aromatic heterocycles. The minimum atomic E-state index is -1.25. The minimum Gasteiger partial charge on any atom is -0.501 e. The molecule has 0 unspecified atom stereocenters. The molecule has 3 nitrogen and oxygen atoms in total.